The molecule has 3 heteroatoms. The molecule has 3 nitrogen and oxygen atoms in total. The fourth-order valence-electron chi connectivity index (χ4n) is 2.99. The largest absolute Gasteiger partial charge is 0.462 e. The minimum Gasteiger partial charge on any atom is -0.462 e. The third kappa shape index (κ3) is 9.24. The normalized spacial score (nSPS) is 11.5. The molecule has 0 atom stereocenters. The SMILES string of the molecule is C=C(C)C(=O)OCCCCCCCC[N+](CC)(CC)CCC. The minimum atomic E-state index is -0.260. The summed E-state index contributed by atoms with van der Waals surface area (Å²) in [6.07, 6.45) is 8.62. The van der Waals surface area contributed by atoms with Crippen molar-refractivity contribution in [3.8, 4) is 0 Å². The van der Waals surface area contributed by atoms with Crippen LogP contribution in [0.25, 0.3) is 0 Å². The third-order valence-corrected chi connectivity index (χ3v) is 4.65. The summed E-state index contributed by atoms with van der Waals surface area (Å²) in [5.74, 6) is -0.260. The number of nitrogens with zero attached hydrogens (tertiary/aromatic N) is 1. The van der Waals surface area contributed by atoms with Gasteiger partial charge in [0.1, 0.15) is 0 Å². The van der Waals surface area contributed by atoms with Crippen LogP contribution in [0.5, 0.6) is 0 Å². The van der Waals surface area contributed by atoms with E-state index in [1.54, 1.807) is 6.92 Å². The zero-order valence-electron chi connectivity index (χ0n) is 15.5. The van der Waals surface area contributed by atoms with Crippen LogP contribution in [0.4, 0.5) is 0 Å². The molecule has 22 heavy (non-hydrogen) atoms. The molecule has 0 spiro atoms. The van der Waals surface area contributed by atoms with Gasteiger partial charge in [-0.2, -0.15) is 0 Å². The van der Waals surface area contributed by atoms with E-state index in [1.807, 2.05) is 0 Å². The minimum absolute atomic E-state index is 0.260. The Balaban J connectivity index is 3.57. The van der Waals surface area contributed by atoms with Crippen LogP contribution in [-0.2, 0) is 9.53 Å². The third-order valence-electron chi connectivity index (χ3n) is 4.65. The Morgan fingerprint density at radius 1 is 0.909 bits per heavy atom. The number of esters is 1. The second kappa shape index (κ2) is 12.7. The molecule has 0 radical (unpaired) electrons. The molecule has 0 amide bonds. The molecule has 0 aromatic carbocycles. The van der Waals surface area contributed by atoms with Gasteiger partial charge in [0, 0.05) is 5.57 Å². The first-order valence-electron chi connectivity index (χ1n) is 9.19. The number of ether oxygens (including phenoxy) is 1. The predicted octanol–water partition coefficient (Wildman–Crippen LogP) is 4.71. The Morgan fingerprint density at radius 3 is 1.95 bits per heavy atom. The van der Waals surface area contributed by atoms with Crippen molar-refractivity contribution in [1.82, 2.24) is 0 Å². The highest BCUT2D eigenvalue weighted by atomic mass is 16.5. The number of carbonyl (C=O) groups is 1. The van der Waals surface area contributed by atoms with Crippen LogP contribution in [0.2, 0.25) is 0 Å². The Bertz CT molecular complexity index is 309. The van der Waals surface area contributed by atoms with E-state index in [2.05, 4.69) is 27.4 Å². The second-order valence-electron chi connectivity index (χ2n) is 6.46. The Kier molecular flexibility index (Phi) is 12.2. The van der Waals surface area contributed by atoms with Gasteiger partial charge in [0.25, 0.3) is 0 Å². The fourth-order valence-corrected chi connectivity index (χ4v) is 2.99. The molecule has 0 aliphatic carbocycles. The molecule has 0 aromatic rings. The highest BCUT2D eigenvalue weighted by molar-refractivity contribution is 5.86. The van der Waals surface area contributed by atoms with E-state index < -0.39 is 0 Å². The molecule has 0 unspecified atom stereocenters. The zero-order chi connectivity index (χ0) is 16.8. The number of carbonyl (C=O) groups excluding carboxylic acids is 1. The highest BCUT2D eigenvalue weighted by Crippen LogP contribution is 2.13. The zero-order valence-corrected chi connectivity index (χ0v) is 15.5. The maximum atomic E-state index is 11.2. The van der Waals surface area contributed by atoms with Crippen LogP contribution in [0.1, 0.15) is 72.6 Å². The van der Waals surface area contributed by atoms with E-state index in [4.69, 9.17) is 4.74 Å². The molecular weight excluding hydrogens is 274 g/mol. The maximum absolute atomic E-state index is 11.2. The predicted molar refractivity (Wildman–Crippen MR) is 94.8 cm³/mol. The molecule has 0 bridgehead atoms. The lowest BCUT2D eigenvalue weighted by Gasteiger charge is -2.36. The molecule has 0 saturated carbocycles. The first-order chi connectivity index (χ1) is 10.5. The summed E-state index contributed by atoms with van der Waals surface area (Å²) in [6.45, 7) is 17.9. The van der Waals surface area contributed by atoms with Crippen molar-refractivity contribution in [3.05, 3.63) is 12.2 Å². The summed E-state index contributed by atoms with van der Waals surface area (Å²) in [5.41, 5.74) is 0.487. The number of rotatable bonds is 14. The van der Waals surface area contributed by atoms with Gasteiger partial charge in [-0.1, -0.05) is 32.8 Å². The number of unbranched alkanes of at least 4 members (excludes halogenated alkanes) is 5. The quantitative estimate of drug-likeness (QED) is 0.201. The summed E-state index contributed by atoms with van der Waals surface area (Å²) in [4.78, 5) is 11.2. The summed E-state index contributed by atoms with van der Waals surface area (Å²) >= 11 is 0. The van der Waals surface area contributed by atoms with E-state index in [1.165, 1.54) is 62.8 Å². The van der Waals surface area contributed by atoms with Crippen LogP contribution in [0, 0.1) is 0 Å². The summed E-state index contributed by atoms with van der Waals surface area (Å²) in [7, 11) is 0. The van der Waals surface area contributed by atoms with Crippen LogP contribution in [0.3, 0.4) is 0 Å². The van der Waals surface area contributed by atoms with E-state index >= 15 is 0 Å². The number of hydrogen-bond acceptors (Lipinski definition) is 2. The fraction of sp³-hybridized carbons (Fsp3) is 0.842. The molecule has 0 N–H and O–H groups in total. The highest BCUT2D eigenvalue weighted by Gasteiger charge is 2.20. The lowest BCUT2D eigenvalue weighted by Crippen LogP contribution is -2.48. The van der Waals surface area contributed by atoms with Gasteiger partial charge in [0.15, 0.2) is 0 Å². The van der Waals surface area contributed by atoms with Gasteiger partial charge in [-0.25, -0.2) is 4.79 Å². The van der Waals surface area contributed by atoms with Gasteiger partial charge < -0.3 is 9.22 Å². The molecule has 0 aromatic heterocycles. The summed E-state index contributed by atoms with van der Waals surface area (Å²) in [6, 6.07) is 0. The average Bonchev–Trinajstić information content (AvgIpc) is 2.51. The Morgan fingerprint density at radius 2 is 1.45 bits per heavy atom. The molecular formula is C19H38NO2+. The van der Waals surface area contributed by atoms with Crippen molar-refractivity contribution in [3.63, 3.8) is 0 Å². The average molecular weight is 313 g/mol. The summed E-state index contributed by atoms with van der Waals surface area (Å²) in [5, 5.41) is 0. The van der Waals surface area contributed by atoms with Crippen LogP contribution in [-0.4, -0.2) is 43.2 Å². The first-order valence-corrected chi connectivity index (χ1v) is 9.19. The van der Waals surface area contributed by atoms with Gasteiger partial charge in [0.2, 0.25) is 0 Å². The maximum Gasteiger partial charge on any atom is 0.333 e. The van der Waals surface area contributed by atoms with E-state index in [0.717, 1.165) is 12.8 Å². The molecule has 130 valence electrons. The molecule has 0 saturated heterocycles. The Hall–Kier alpha value is -0.830. The van der Waals surface area contributed by atoms with Gasteiger partial charge in [-0.05, 0) is 46.5 Å². The standard InChI is InChI=1S/C19H38NO2/c1-6-15-20(7-2,8-3)16-13-11-9-10-12-14-17-22-19(21)18(4)5/h4,6-17H2,1-3,5H3/q+1. The molecule has 0 aliphatic rings. The molecule has 0 heterocycles. The number of hydrogen-bond donors (Lipinski definition) is 0. The van der Waals surface area contributed by atoms with Crippen molar-refractivity contribution >= 4 is 5.97 Å². The van der Waals surface area contributed by atoms with E-state index in [-0.39, 0.29) is 5.97 Å². The topological polar surface area (TPSA) is 26.3 Å². The van der Waals surface area contributed by atoms with Gasteiger partial charge in [-0.3, -0.25) is 0 Å². The van der Waals surface area contributed by atoms with Crippen LogP contribution < -0.4 is 0 Å². The van der Waals surface area contributed by atoms with E-state index in [0.29, 0.717) is 12.2 Å². The van der Waals surface area contributed by atoms with Crippen LogP contribution in [0.15, 0.2) is 12.2 Å². The van der Waals surface area contributed by atoms with E-state index in [9.17, 15) is 4.79 Å². The lowest BCUT2D eigenvalue weighted by atomic mass is 10.1. The molecule has 0 fully saturated rings. The molecule has 0 rings (SSSR count). The number of quaternary nitrogens is 1. The molecule has 0 aliphatic heterocycles. The van der Waals surface area contributed by atoms with Crippen molar-refractivity contribution in [1.29, 1.82) is 0 Å². The summed E-state index contributed by atoms with van der Waals surface area (Å²) < 4.78 is 6.38. The first kappa shape index (κ1) is 21.2. The van der Waals surface area contributed by atoms with Gasteiger partial charge in [0.05, 0.1) is 32.8 Å². The van der Waals surface area contributed by atoms with Gasteiger partial charge in [-0.15, -0.1) is 0 Å². The van der Waals surface area contributed by atoms with Crippen molar-refractivity contribution < 1.29 is 14.0 Å². The van der Waals surface area contributed by atoms with Crippen molar-refractivity contribution in [2.24, 2.45) is 0 Å². The second-order valence-corrected chi connectivity index (χ2v) is 6.46. The van der Waals surface area contributed by atoms with Crippen molar-refractivity contribution in [2.45, 2.75) is 72.6 Å². The smallest absolute Gasteiger partial charge is 0.333 e. The van der Waals surface area contributed by atoms with Gasteiger partial charge >= 0.3 is 5.97 Å². The lowest BCUT2D eigenvalue weighted by molar-refractivity contribution is -0.925. The Labute approximate surface area is 138 Å². The van der Waals surface area contributed by atoms with Crippen molar-refractivity contribution in [2.75, 3.05) is 32.8 Å². The van der Waals surface area contributed by atoms with Crippen LogP contribution >= 0.6 is 0 Å². The monoisotopic (exact) mass is 312 g/mol.